The lowest BCUT2D eigenvalue weighted by Crippen LogP contribution is -2.33. The Bertz CT molecular complexity index is 441. The van der Waals surface area contributed by atoms with Crippen molar-refractivity contribution in [2.24, 2.45) is 0 Å². The fraction of sp³-hybridized carbons (Fsp3) is 0.647. The van der Waals surface area contributed by atoms with Gasteiger partial charge in [-0.3, -0.25) is 0 Å². The van der Waals surface area contributed by atoms with Crippen LogP contribution in [0.2, 0.25) is 0 Å². The van der Waals surface area contributed by atoms with Crippen molar-refractivity contribution in [1.82, 2.24) is 4.90 Å². The zero-order chi connectivity index (χ0) is 14.0. The largest absolute Gasteiger partial charge is 0.385 e. The molecule has 0 spiro atoms. The van der Waals surface area contributed by atoms with Gasteiger partial charge < -0.3 is 10.0 Å². The van der Waals surface area contributed by atoms with Gasteiger partial charge in [0.2, 0.25) is 0 Å². The maximum Gasteiger partial charge on any atom is 0.0909 e. The normalized spacial score (nSPS) is 25.6. The minimum absolute atomic E-state index is 0.571. The smallest absolute Gasteiger partial charge is 0.0909 e. The molecule has 1 aromatic rings. The van der Waals surface area contributed by atoms with Crippen molar-refractivity contribution >= 4 is 0 Å². The maximum absolute atomic E-state index is 11.0. The van der Waals surface area contributed by atoms with E-state index in [1.165, 1.54) is 11.1 Å². The molecule has 1 aromatic carbocycles. The number of benzene rings is 1. The van der Waals surface area contributed by atoms with E-state index < -0.39 is 5.60 Å². The fourth-order valence-electron chi connectivity index (χ4n) is 2.98. The molecule has 106 valence electrons. The molecule has 1 fully saturated rings. The average molecular weight is 261 g/mol. The van der Waals surface area contributed by atoms with Crippen LogP contribution >= 0.6 is 0 Å². The fourth-order valence-corrected chi connectivity index (χ4v) is 2.98. The van der Waals surface area contributed by atoms with Gasteiger partial charge in [0.25, 0.3) is 0 Å². The standard InChI is InChI=1S/C17H27NO/c1-13(2)18-10-5-8-17(19,9-11-18)16-7-6-14(3)15(4)12-16/h6-7,12-13,19H,5,8-11H2,1-4H3. The summed E-state index contributed by atoms with van der Waals surface area (Å²) in [5, 5.41) is 11.0. The van der Waals surface area contributed by atoms with Crippen LogP contribution in [0.5, 0.6) is 0 Å². The molecule has 1 aliphatic heterocycles. The third-order valence-corrected chi connectivity index (χ3v) is 4.62. The first-order chi connectivity index (χ1) is 8.92. The van der Waals surface area contributed by atoms with E-state index in [-0.39, 0.29) is 0 Å². The second kappa shape index (κ2) is 5.64. The van der Waals surface area contributed by atoms with Crippen LogP contribution in [-0.2, 0) is 5.60 Å². The highest BCUT2D eigenvalue weighted by Gasteiger charge is 2.32. The maximum atomic E-state index is 11.0. The van der Waals surface area contributed by atoms with Gasteiger partial charge in [0, 0.05) is 12.6 Å². The van der Waals surface area contributed by atoms with E-state index in [0.717, 1.165) is 37.9 Å². The molecule has 0 aromatic heterocycles. The molecule has 2 rings (SSSR count). The molecule has 1 heterocycles. The summed E-state index contributed by atoms with van der Waals surface area (Å²) in [7, 11) is 0. The van der Waals surface area contributed by atoms with Crippen molar-refractivity contribution in [3.63, 3.8) is 0 Å². The first kappa shape index (κ1) is 14.5. The molecule has 1 saturated heterocycles. The highest BCUT2D eigenvalue weighted by Crippen LogP contribution is 2.34. The van der Waals surface area contributed by atoms with Crippen molar-refractivity contribution in [3.05, 3.63) is 34.9 Å². The van der Waals surface area contributed by atoms with E-state index in [1.54, 1.807) is 0 Å². The Morgan fingerprint density at radius 1 is 1.11 bits per heavy atom. The van der Waals surface area contributed by atoms with Crippen molar-refractivity contribution < 1.29 is 5.11 Å². The Morgan fingerprint density at radius 3 is 2.47 bits per heavy atom. The van der Waals surface area contributed by atoms with E-state index in [0.29, 0.717) is 6.04 Å². The van der Waals surface area contributed by atoms with Crippen LogP contribution in [-0.4, -0.2) is 29.1 Å². The van der Waals surface area contributed by atoms with Crippen LogP contribution in [0.1, 0.15) is 49.8 Å². The Labute approximate surface area is 117 Å². The van der Waals surface area contributed by atoms with Crippen molar-refractivity contribution in [2.45, 2.75) is 58.6 Å². The van der Waals surface area contributed by atoms with Gasteiger partial charge in [0.15, 0.2) is 0 Å². The summed E-state index contributed by atoms with van der Waals surface area (Å²) in [6.07, 6.45) is 2.79. The molecule has 1 N–H and O–H groups in total. The van der Waals surface area contributed by atoms with E-state index in [2.05, 4.69) is 50.8 Å². The van der Waals surface area contributed by atoms with Crippen LogP contribution in [0.3, 0.4) is 0 Å². The van der Waals surface area contributed by atoms with Gasteiger partial charge in [-0.25, -0.2) is 0 Å². The zero-order valence-electron chi connectivity index (χ0n) is 12.7. The molecule has 2 heteroatoms. The molecule has 1 atom stereocenters. The van der Waals surface area contributed by atoms with Gasteiger partial charge in [-0.15, -0.1) is 0 Å². The predicted octanol–water partition coefficient (Wildman–Crippen LogP) is 3.39. The van der Waals surface area contributed by atoms with Gasteiger partial charge in [0.05, 0.1) is 5.60 Å². The van der Waals surface area contributed by atoms with Gasteiger partial charge >= 0.3 is 0 Å². The quantitative estimate of drug-likeness (QED) is 0.882. The number of aliphatic hydroxyl groups is 1. The first-order valence-electron chi connectivity index (χ1n) is 7.46. The molecule has 1 unspecified atom stereocenters. The lowest BCUT2D eigenvalue weighted by atomic mass is 9.85. The van der Waals surface area contributed by atoms with Crippen molar-refractivity contribution in [3.8, 4) is 0 Å². The summed E-state index contributed by atoms with van der Waals surface area (Å²) >= 11 is 0. The monoisotopic (exact) mass is 261 g/mol. The molecule has 0 radical (unpaired) electrons. The molecule has 0 aliphatic carbocycles. The molecule has 0 saturated carbocycles. The Balaban J connectivity index is 2.20. The number of aryl methyl sites for hydroxylation is 2. The second-order valence-corrected chi connectivity index (χ2v) is 6.31. The molecule has 2 nitrogen and oxygen atoms in total. The topological polar surface area (TPSA) is 23.5 Å². The number of likely N-dealkylation sites (tertiary alicyclic amines) is 1. The zero-order valence-corrected chi connectivity index (χ0v) is 12.7. The van der Waals surface area contributed by atoms with Gasteiger partial charge in [-0.2, -0.15) is 0 Å². The van der Waals surface area contributed by atoms with E-state index in [9.17, 15) is 5.11 Å². The highest BCUT2D eigenvalue weighted by molar-refractivity contribution is 5.33. The summed E-state index contributed by atoms with van der Waals surface area (Å²) in [5.74, 6) is 0. The molecule has 0 bridgehead atoms. The van der Waals surface area contributed by atoms with Crippen LogP contribution in [0.15, 0.2) is 18.2 Å². The number of hydrogen-bond acceptors (Lipinski definition) is 2. The average Bonchev–Trinajstić information content (AvgIpc) is 2.56. The van der Waals surface area contributed by atoms with E-state index in [1.807, 2.05) is 0 Å². The third kappa shape index (κ3) is 3.18. The molecular formula is C17H27NO. The van der Waals surface area contributed by atoms with Crippen LogP contribution in [0.25, 0.3) is 0 Å². The number of rotatable bonds is 2. The van der Waals surface area contributed by atoms with Crippen molar-refractivity contribution in [1.29, 1.82) is 0 Å². The Morgan fingerprint density at radius 2 is 1.84 bits per heavy atom. The summed E-state index contributed by atoms with van der Waals surface area (Å²) in [4.78, 5) is 2.47. The second-order valence-electron chi connectivity index (χ2n) is 6.31. The van der Waals surface area contributed by atoms with Crippen LogP contribution in [0.4, 0.5) is 0 Å². The molecule has 19 heavy (non-hydrogen) atoms. The lowest BCUT2D eigenvalue weighted by Gasteiger charge is -2.29. The molecule has 1 aliphatic rings. The van der Waals surface area contributed by atoms with E-state index in [4.69, 9.17) is 0 Å². The minimum Gasteiger partial charge on any atom is -0.385 e. The summed E-state index contributed by atoms with van der Waals surface area (Å²) in [6.45, 7) is 10.8. The Hall–Kier alpha value is -0.860. The molecular weight excluding hydrogens is 234 g/mol. The number of nitrogens with zero attached hydrogens (tertiary/aromatic N) is 1. The summed E-state index contributed by atoms with van der Waals surface area (Å²) in [6, 6.07) is 6.98. The minimum atomic E-state index is -0.637. The first-order valence-corrected chi connectivity index (χ1v) is 7.46. The highest BCUT2D eigenvalue weighted by atomic mass is 16.3. The summed E-state index contributed by atoms with van der Waals surface area (Å²) < 4.78 is 0. The lowest BCUT2D eigenvalue weighted by molar-refractivity contribution is 0.0203. The van der Waals surface area contributed by atoms with Gasteiger partial charge in [-0.1, -0.05) is 18.2 Å². The Kier molecular flexibility index (Phi) is 4.32. The van der Waals surface area contributed by atoms with Crippen LogP contribution < -0.4 is 0 Å². The molecule has 0 amide bonds. The van der Waals surface area contributed by atoms with Crippen molar-refractivity contribution in [2.75, 3.05) is 13.1 Å². The SMILES string of the molecule is Cc1ccc(C2(O)CCCN(C(C)C)CC2)cc1C. The van der Waals surface area contributed by atoms with E-state index >= 15 is 0 Å². The van der Waals surface area contributed by atoms with Gasteiger partial charge in [-0.05, 0) is 70.2 Å². The van der Waals surface area contributed by atoms with Gasteiger partial charge in [0.1, 0.15) is 0 Å². The third-order valence-electron chi connectivity index (χ3n) is 4.62. The van der Waals surface area contributed by atoms with Crippen LogP contribution in [0, 0.1) is 13.8 Å². The summed E-state index contributed by atoms with van der Waals surface area (Å²) in [5.41, 5.74) is 3.03. The predicted molar refractivity (Wildman–Crippen MR) is 80.4 cm³/mol. The number of hydrogen-bond donors (Lipinski definition) is 1.